The number of aromatic nitrogens is 1. The van der Waals surface area contributed by atoms with Gasteiger partial charge in [-0.3, -0.25) is 4.98 Å². The lowest BCUT2D eigenvalue weighted by molar-refractivity contribution is 0.0194. The maximum atomic E-state index is 10.1. The molecule has 3 nitrogen and oxygen atoms in total. The molecule has 13 heavy (non-hydrogen) atoms. The van der Waals surface area contributed by atoms with Gasteiger partial charge in [0.1, 0.15) is 5.60 Å². The Balaban J connectivity index is 2.29. The number of hydrogen-bond acceptors (Lipinski definition) is 3. The lowest BCUT2D eigenvalue weighted by Gasteiger charge is -2.19. The Kier molecular flexibility index (Phi) is 2.06. The molecule has 0 amide bonds. The summed E-state index contributed by atoms with van der Waals surface area (Å²) < 4.78 is 5.15. The minimum atomic E-state index is -0.853. The van der Waals surface area contributed by atoms with Crippen LogP contribution >= 0.6 is 0 Å². The van der Waals surface area contributed by atoms with Crippen LogP contribution in [-0.4, -0.2) is 23.3 Å². The molecule has 1 fully saturated rings. The van der Waals surface area contributed by atoms with Gasteiger partial charge in [-0.1, -0.05) is 6.07 Å². The van der Waals surface area contributed by atoms with Gasteiger partial charge in [-0.2, -0.15) is 0 Å². The molecule has 0 spiro atoms. The fourth-order valence-electron chi connectivity index (χ4n) is 1.50. The normalized spacial score (nSPS) is 27.8. The molecule has 1 aliphatic rings. The Bertz CT molecular complexity index is 288. The third kappa shape index (κ3) is 1.57. The van der Waals surface area contributed by atoms with Gasteiger partial charge in [0.2, 0.25) is 0 Å². The first-order valence-corrected chi connectivity index (χ1v) is 4.44. The van der Waals surface area contributed by atoms with Crippen LogP contribution in [-0.2, 0) is 10.3 Å². The second-order valence-electron chi connectivity index (χ2n) is 3.55. The zero-order valence-corrected chi connectivity index (χ0v) is 7.66. The summed E-state index contributed by atoms with van der Waals surface area (Å²) in [7, 11) is 0. The highest BCUT2D eigenvalue weighted by molar-refractivity contribution is 5.18. The van der Waals surface area contributed by atoms with Crippen molar-refractivity contribution < 1.29 is 9.84 Å². The van der Waals surface area contributed by atoms with Gasteiger partial charge < -0.3 is 9.84 Å². The predicted octanol–water partition coefficient (Wildman–Crippen LogP) is 0.998. The first-order chi connectivity index (χ1) is 6.21. The van der Waals surface area contributed by atoms with Crippen LogP contribution in [0.5, 0.6) is 0 Å². The fraction of sp³-hybridized carbons (Fsp3) is 0.500. The Labute approximate surface area is 77.4 Å². The van der Waals surface area contributed by atoms with E-state index in [-0.39, 0.29) is 0 Å². The molecule has 3 heteroatoms. The first kappa shape index (κ1) is 8.66. The summed E-state index contributed by atoms with van der Waals surface area (Å²) in [6, 6.07) is 3.82. The van der Waals surface area contributed by atoms with Crippen LogP contribution in [0.2, 0.25) is 0 Å². The molecule has 0 aliphatic carbocycles. The number of nitrogens with zero attached hydrogens (tertiary/aromatic N) is 1. The molecule has 1 aromatic heterocycles. The zero-order chi connectivity index (χ0) is 9.31. The van der Waals surface area contributed by atoms with E-state index in [4.69, 9.17) is 4.74 Å². The van der Waals surface area contributed by atoms with Crippen molar-refractivity contribution in [2.75, 3.05) is 13.2 Å². The summed E-state index contributed by atoms with van der Waals surface area (Å²) in [6.45, 7) is 2.96. The molecule has 0 bridgehead atoms. The Morgan fingerprint density at radius 3 is 2.92 bits per heavy atom. The summed E-state index contributed by atoms with van der Waals surface area (Å²) in [5, 5.41) is 10.1. The van der Waals surface area contributed by atoms with Crippen LogP contribution in [0.15, 0.2) is 18.3 Å². The molecule has 0 aromatic carbocycles. The number of pyridine rings is 1. The van der Waals surface area contributed by atoms with Crippen molar-refractivity contribution in [1.82, 2.24) is 4.98 Å². The zero-order valence-electron chi connectivity index (χ0n) is 7.66. The van der Waals surface area contributed by atoms with E-state index >= 15 is 0 Å². The van der Waals surface area contributed by atoms with E-state index in [0.717, 1.165) is 11.3 Å². The van der Waals surface area contributed by atoms with Gasteiger partial charge >= 0.3 is 0 Å². The lowest BCUT2D eigenvalue weighted by Crippen LogP contribution is -2.26. The molecule has 2 rings (SSSR count). The summed E-state index contributed by atoms with van der Waals surface area (Å²) in [6.07, 6.45) is 2.41. The highest BCUT2D eigenvalue weighted by Crippen LogP contribution is 2.28. The van der Waals surface area contributed by atoms with Crippen molar-refractivity contribution in [3.8, 4) is 0 Å². The largest absolute Gasteiger partial charge is 0.381 e. The maximum Gasteiger partial charge on any atom is 0.132 e. The fourth-order valence-corrected chi connectivity index (χ4v) is 1.50. The van der Waals surface area contributed by atoms with Gasteiger partial charge in [0.25, 0.3) is 0 Å². The summed E-state index contributed by atoms with van der Waals surface area (Å²) in [5.74, 6) is 0. The van der Waals surface area contributed by atoms with Crippen LogP contribution in [0.25, 0.3) is 0 Å². The van der Waals surface area contributed by atoms with Crippen molar-refractivity contribution in [2.24, 2.45) is 0 Å². The molecule has 1 unspecified atom stereocenters. The van der Waals surface area contributed by atoms with Crippen LogP contribution in [0.1, 0.15) is 17.7 Å². The third-order valence-electron chi connectivity index (χ3n) is 2.39. The SMILES string of the molecule is Cc1ccc(C2(O)CCOC2)nc1. The van der Waals surface area contributed by atoms with E-state index in [1.807, 2.05) is 19.1 Å². The first-order valence-electron chi connectivity index (χ1n) is 4.44. The van der Waals surface area contributed by atoms with Crippen molar-refractivity contribution in [3.63, 3.8) is 0 Å². The van der Waals surface area contributed by atoms with Gasteiger partial charge in [0.15, 0.2) is 0 Å². The standard InChI is InChI=1S/C10H13NO2/c1-8-2-3-9(11-6-8)10(12)4-5-13-7-10/h2-3,6,12H,4-5,7H2,1H3. The molecule has 70 valence electrons. The van der Waals surface area contributed by atoms with E-state index < -0.39 is 5.60 Å². The minimum absolute atomic E-state index is 0.364. The topological polar surface area (TPSA) is 42.4 Å². The number of ether oxygens (including phenoxy) is 1. The highest BCUT2D eigenvalue weighted by atomic mass is 16.5. The minimum Gasteiger partial charge on any atom is -0.381 e. The quantitative estimate of drug-likeness (QED) is 0.699. The maximum absolute atomic E-state index is 10.1. The highest BCUT2D eigenvalue weighted by Gasteiger charge is 2.35. The van der Waals surface area contributed by atoms with Crippen molar-refractivity contribution in [2.45, 2.75) is 18.9 Å². The van der Waals surface area contributed by atoms with E-state index in [1.54, 1.807) is 6.20 Å². The Morgan fingerprint density at radius 1 is 1.54 bits per heavy atom. The monoisotopic (exact) mass is 179 g/mol. The van der Waals surface area contributed by atoms with Gasteiger partial charge in [-0.05, 0) is 18.6 Å². The van der Waals surface area contributed by atoms with Crippen LogP contribution in [0, 0.1) is 6.92 Å². The molecule has 0 radical (unpaired) electrons. The average Bonchev–Trinajstić information content (AvgIpc) is 2.54. The van der Waals surface area contributed by atoms with Gasteiger partial charge in [0.05, 0.1) is 12.3 Å². The Hall–Kier alpha value is -0.930. The number of rotatable bonds is 1. The third-order valence-corrected chi connectivity index (χ3v) is 2.39. The van der Waals surface area contributed by atoms with Gasteiger partial charge in [-0.15, -0.1) is 0 Å². The second kappa shape index (κ2) is 3.09. The second-order valence-corrected chi connectivity index (χ2v) is 3.55. The van der Waals surface area contributed by atoms with Crippen LogP contribution in [0.3, 0.4) is 0 Å². The van der Waals surface area contributed by atoms with Crippen molar-refractivity contribution in [1.29, 1.82) is 0 Å². The van der Waals surface area contributed by atoms with Crippen molar-refractivity contribution in [3.05, 3.63) is 29.6 Å². The summed E-state index contributed by atoms with van der Waals surface area (Å²) in [5.41, 5.74) is 0.968. The average molecular weight is 179 g/mol. The van der Waals surface area contributed by atoms with E-state index in [2.05, 4.69) is 4.98 Å². The molecule has 1 aliphatic heterocycles. The number of aryl methyl sites for hydroxylation is 1. The van der Waals surface area contributed by atoms with E-state index in [9.17, 15) is 5.11 Å². The molecular formula is C10H13NO2. The molecule has 0 saturated carbocycles. The molecule has 1 saturated heterocycles. The van der Waals surface area contributed by atoms with E-state index in [0.29, 0.717) is 19.6 Å². The van der Waals surface area contributed by atoms with Crippen molar-refractivity contribution >= 4 is 0 Å². The lowest BCUT2D eigenvalue weighted by atomic mass is 9.98. The number of aliphatic hydroxyl groups is 1. The molecular weight excluding hydrogens is 166 g/mol. The predicted molar refractivity (Wildman–Crippen MR) is 48.3 cm³/mol. The molecule has 2 heterocycles. The van der Waals surface area contributed by atoms with Gasteiger partial charge in [0, 0.05) is 19.2 Å². The summed E-state index contributed by atoms with van der Waals surface area (Å²) >= 11 is 0. The van der Waals surface area contributed by atoms with Crippen LogP contribution in [0.4, 0.5) is 0 Å². The van der Waals surface area contributed by atoms with Gasteiger partial charge in [-0.25, -0.2) is 0 Å². The Morgan fingerprint density at radius 2 is 2.38 bits per heavy atom. The smallest absolute Gasteiger partial charge is 0.132 e. The van der Waals surface area contributed by atoms with Crippen LogP contribution < -0.4 is 0 Å². The number of hydrogen-bond donors (Lipinski definition) is 1. The molecule has 1 N–H and O–H groups in total. The molecule has 1 aromatic rings. The van der Waals surface area contributed by atoms with E-state index in [1.165, 1.54) is 0 Å². The summed E-state index contributed by atoms with van der Waals surface area (Å²) in [4.78, 5) is 4.20. The molecule has 1 atom stereocenters.